The number of ether oxygens (including phenoxy) is 2. The van der Waals surface area contributed by atoms with Crippen molar-refractivity contribution in [3.8, 4) is 0 Å². The highest BCUT2D eigenvalue weighted by Crippen LogP contribution is 2.59. The van der Waals surface area contributed by atoms with Gasteiger partial charge >= 0.3 is 5.97 Å². The van der Waals surface area contributed by atoms with Crippen molar-refractivity contribution < 1.29 is 29.0 Å². The zero-order valence-corrected chi connectivity index (χ0v) is 21.8. The summed E-state index contributed by atoms with van der Waals surface area (Å²) >= 11 is 0. The van der Waals surface area contributed by atoms with Gasteiger partial charge in [-0.05, 0) is 24.3 Å². The van der Waals surface area contributed by atoms with E-state index in [1.807, 2.05) is 44.2 Å². The lowest BCUT2D eigenvalue weighted by Gasteiger charge is -2.41. The van der Waals surface area contributed by atoms with Gasteiger partial charge in [0.1, 0.15) is 18.2 Å². The van der Waals surface area contributed by atoms with Crippen molar-refractivity contribution in [2.75, 3.05) is 19.8 Å². The van der Waals surface area contributed by atoms with Crippen molar-refractivity contribution in [2.45, 2.75) is 63.4 Å². The van der Waals surface area contributed by atoms with E-state index >= 15 is 0 Å². The third kappa shape index (κ3) is 4.61. The zero-order chi connectivity index (χ0) is 26.7. The van der Waals surface area contributed by atoms with E-state index in [9.17, 15) is 19.5 Å². The number of fused-ring (bicyclic) bond motifs is 1. The second-order valence-corrected chi connectivity index (χ2v) is 10.3. The Hall–Kier alpha value is -2.97. The molecule has 0 aliphatic carbocycles. The highest BCUT2D eigenvalue weighted by Gasteiger charge is 2.75. The van der Waals surface area contributed by atoms with Gasteiger partial charge in [-0.15, -0.1) is 6.58 Å². The lowest BCUT2D eigenvalue weighted by Crippen LogP contribution is -2.59. The summed E-state index contributed by atoms with van der Waals surface area (Å²) in [4.78, 5) is 44.9. The predicted molar refractivity (Wildman–Crippen MR) is 138 cm³/mol. The van der Waals surface area contributed by atoms with Crippen LogP contribution in [0.4, 0.5) is 0 Å². The molecule has 200 valence electrons. The number of rotatable bonds is 12. The van der Waals surface area contributed by atoms with Crippen LogP contribution in [0.1, 0.15) is 38.7 Å². The Morgan fingerprint density at radius 3 is 2.65 bits per heavy atom. The van der Waals surface area contributed by atoms with Crippen molar-refractivity contribution >= 4 is 17.8 Å². The van der Waals surface area contributed by atoms with Crippen LogP contribution in [0.25, 0.3) is 0 Å². The van der Waals surface area contributed by atoms with Crippen LogP contribution < -0.4 is 0 Å². The van der Waals surface area contributed by atoms with E-state index < -0.39 is 41.6 Å². The number of aliphatic hydroxyl groups is 1. The van der Waals surface area contributed by atoms with Gasteiger partial charge in [-0.1, -0.05) is 69.3 Å². The van der Waals surface area contributed by atoms with E-state index in [0.717, 1.165) is 5.56 Å². The Morgan fingerprint density at radius 1 is 1.30 bits per heavy atom. The molecule has 0 radical (unpaired) electrons. The van der Waals surface area contributed by atoms with Gasteiger partial charge in [-0.3, -0.25) is 14.4 Å². The van der Waals surface area contributed by atoms with Gasteiger partial charge < -0.3 is 24.4 Å². The normalized spacial score (nSPS) is 29.5. The standard InChI is InChI=1S/C29H38N2O6/c1-5-15-30(17-20-11-9-8-10-12-20)27(34)25-29-14-13-22(37-29)23(28(35)36-16-6-2)24(29)26(33)31(25)21(18-32)19(4)7-3/h5-6,8-12,19,21-25,32H,1-2,7,13-18H2,3-4H3/t19-,21-,22-,23+,24-,25?,29?/m0/s1. The van der Waals surface area contributed by atoms with Crippen LogP contribution in [0.5, 0.6) is 0 Å². The summed E-state index contributed by atoms with van der Waals surface area (Å²) in [6.07, 6.45) is 4.42. The first-order chi connectivity index (χ1) is 17.8. The Kier molecular flexibility index (Phi) is 8.19. The van der Waals surface area contributed by atoms with Crippen LogP contribution in [-0.4, -0.2) is 76.2 Å². The molecule has 3 aliphatic heterocycles. The summed E-state index contributed by atoms with van der Waals surface area (Å²) in [5.41, 5.74) is -0.195. The SMILES string of the molecule is C=CCOC(=O)[C@@H]1[C@@H]2CCC3(O2)C(C(=O)N(CC=C)Cc2ccccc2)N([C@@H](CO)[C@@H](C)CC)C(=O)[C@H]13. The van der Waals surface area contributed by atoms with Gasteiger partial charge in [0.05, 0.1) is 30.6 Å². The first-order valence-electron chi connectivity index (χ1n) is 13.2. The number of carbonyl (C=O) groups is 3. The molecule has 2 bridgehead atoms. The fourth-order valence-electron chi connectivity index (χ4n) is 6.41. The van der Waals surface area contributed by atoms with Crippen LogP contribution in [0, 0.1) is 17.8 Å². The molecule has 0 aromatic heterocycles. The summed E-state index contributed by atoms with van der Waals surface area (Å²) in [5, 5.41) is 10.4. The fourth-order valence-corrected chi connectivity index (χ4v) is 6.41. The number of amides is 2. The maximum atomic E-state index is 14.4. The molecule has 1 N–H and O–H groups in total. The Balaban J connectivity index is 1.77. The van der Waals surface area contributed by atoms with Crippen molar-refractivity contribution in [1.29, 1.82) is 0 Å². The number of benzene rings is 1. The molecule has 2 amide bonds. The molecule has 8 nitrogen and oxygen atoms in total. The molecule has 3 heterocycles. The fraction of sp³-hybridized carbons (Fsp3) is 0.552. The number of nitrogens with zero attached hydrogens (tertiary/aromatic N) is 2. The van der Waals surface area contributed by atoms with Gasteiger partial charge in [-0.25, -0.2) is 0 Å². The lowest BCUT2D eigenvalue weighted by molar-refractivity contribution is -0.156. The molecule has 1 aromatic carbocycles. The van der Waals surface area contributed by atoms with Crippen molar-refractivity contribution in [1.82, 2.24) is 9.80 Å². The quantitative estimate of drug-likeness (QED) is 0.343. The molecular weight excluding hydrogens is 472 g/mol. The average Bonchev–Trinajstić information content (AvgIpc) is 3.55. The summed E-state index contributed by atoms with van der Waals surface area (Å²) in [6.45, 7) is 11.8. The third-order valence-electron chi connectivity index (χ3n) is 8.31. The largest absolute Gasteiger partial charge is 0.461 e. The molecule has 3 fully saturated rings. The first-order valence-corrected chi connectivity index (χ1v) is 13.2. The number of hydrogen-bond donors (Lipinski definition) is 1. The van der Waals surface area contributed by atoms with Gasteiger partial charge in [0.2, 0.25) is 11.8 Å². The minimum atomic E-state index is -1.15. The van der Waals surface area contributed by atoms with Gasteiger partial charge in [0, 0.05) is 13.1 Å². The highest BCUT2D eigenvalue weighted by molar-refractivity contribution is 5.98. The summed E-state index contributed by atoms with van der Waals surface area (Å²) in [6, 6.07) is 8.10. The molecular formula is C29H38N2O6. The summed E-state index contributed by atoms with van der Waals surface area (Å²) < 4.78 is 11.8. The van der Waals surface area contributed by atoms with Crippen molar-refractivity contribution in [3.63, 3.8) is 0 Å². The van der Waals surface area contributed by atoms with E-state index in [0.29, 0.717) is 25.8 Å². The Labute approximate surface area is 218 Å². The van der Waals surface area contributed by atoms with Crippen LogP contribution >= 0.6 is 0 Å². The molecule has 3 saturated heterocycles. The molecule has 4 rings (SSSR count). The number of esters is 1. The smallest absolute Gasteiger partial charge is 0.312 e. The molecule has 3 aliphatic rings. The Morgan fingerprint density at radius 2 is 2.03 bits per heavy atom. The topological polar surface area (TPSA) is 96.4 Å². The summed E-state index contributed by atoms with van der Waals surface area (Å²) in [7, 11) is 0. The molecule has 2 unspecified atom stereocenters. The van der Waals surface area contributed by atoms with E-state index in [2.05, 4.69) is 13.2 Å². The van der Waals surface area contributed by atoms with Crippen LogP contribution in [0.15, 0.2) is 55.6 Å². The molecule has 7 atom stereocenters. The number of hydrogen-bond acceptors (Lipinski definition) is 6. The van der Waals surface area contributed by atoms with E-state index in [-0.39, 0.29) is 37.5 Å². The number of aliphatic hydroxyl groups excluding tert-OH is 1. The van der Waals surface area contributed by atoms with Gasteiger partial charge in [0.25, 0.3) is 0 Å². The van der Waals surface area contributed by atoms with E-state index in [1.165, 1.54) is 11.0 Å². The van der Waals surface area contributed by atoms with E-state index in [1.54, 1.807) is 11.0 Å². The van der Waals surface area contributed by atoms with Crippen molar-refractivity contribution in [2.24, 2.45) is 17.8 Å². The maximum Gasteiger partial charge on any atom is 0.312 e. The zero-order valence-electron chi connectivity index (χ0n) is 21.8. The molecule has 1 aromatic rings. The van der Waals surface area contributed by atoms with Crippen molar-refractivity contribution in [3.05, 3.63) is 61.2 Å². The third-order valence-corrected chi connectivity index (χ3v) is 8.31. The minimum Gasteiger partial charge on any atom is -0.461 e. The number of carbonyl (C=O) groups excluding carboxylic acids is 3. The lowest BCUT2D eigenvalue weighted by atomic mass is 9.70. The van der Waals surface area contributed by atoms with E-state index in [4.69, 9.17) is 9.47 Å². The molecule has 1 spiro atoms. The summed E-state index contributed by atoms with van der Waals surface area (Å²) in [5.74, 6) is -2.78. The van der Waals surface area contributed by atoms with Crippen LogP contribution in [0.2, 0.25) is 0 Å². The van der Waals surface area contributed by atoms with Crippen LogP contribution in [-0.2, 0) is 30.4 Å². The second-order valence-electron chi connectivity index (χ2n) is 10.3. The maximum absolute atomic E-state index is 14.4. The van der Waals surface area contributed by atoms with Crippen LogP contribution in [0.3, 0.4) is 0 Å². The van der Waals surface area contributed by atoms with Gasteiger partial charge in [-0.2, -0.15) is 0 Å². The Bertz CT molecular complexity index is 1030. The predicted octanol–water partition coefficient (Wildman–Crippen LogP) is 2.71. The highest BCUT2D eigenvalue weighted by atomic mass is 16.6. The average molecular weight is 511 g/mol. The second kappa shape index (κ2) is 11.2. The molecule has 37 heavy (non-hydrogen) atoms. The monoisotopic (exact) mass is 510 g/mol. The molecule has 0 saturated carbocycles. The molecule has 8 heteroatoms. The minimum absolute atomic E-state index is 0.0400. The van der Waals surface area contributed by atoms with Gasteiger partial charge in [0.15, 0.2) is 0 Å². The number of likely N-dealkylation sites (tertiary alicyclic amines) is 1. The first kappa shape index (κ1) is 27.1.